The first-order valence-corrected chi connectivity index (χ1v) is 5.18. The van der Waals surface area contributed by atoms with Crippen LogP contribution < -0.4 is 0 Å². The van der Waals surface area contributed by atoms with Gasteiger partial charge >= 0.3 is 5.97 Å². The van der Waals surface area contributed by atoms with Crippen LogP contribution in [0.15, 0.2) is 22.9 Å². The zero-order valence-corrected chi connectivity index (χ0v) is 9.39. The molecule has 2 aromatic rings. The summed E-state index contributed by atoms with van der Waals surface area (Å²) in [5.74, 6) is -0.375. The van der Waals surface area contributed by atoms with Gasteiger partial charge in [-0.25, -0.2) is 0 Å². The number of pyridine rings is 1. The first kappa shape index (κ1) is 11.5. The molecule has 0 amide bonds. The largest absolute Gasteiger partial charge is 0.481 e. The van der Waals surface area contributed by atoms with E-state index in [1.807, 2.05) is 0 Å². The van der Waals surface area contributed by atoms with Crippen LogP contribution in [0.5, 0.6) is 0 Å². The minimum atomic E-state index is -0.910. The number of hydrogen-bond donors (Lipinski definition) is 1. The SMILES string of the molecule is O=C(O)CCc1nnc(-c2ccncc2Cl)o1. The predicted octanol–water partition coefficient (Wildman–Crippen LogP) is 1.80. The van der Waals surface area contributed by atoms with E-state index in [0.29, 0.717) is 10.6 Å². The van der Waals surface area contributed by atoms with Crippen molar-refractivity contribution < 1.29 is 14.3 Å². The van der Waals surface area contributed by atoms with Crippen molar-refractivity contribution >= 4 is 17.6 Å². The van der Waals surface area contributed by atoms with Gasteiger partial charge in [-0.05, 0) is 6.07 Å². The number of halogens is 1. The number of hydrogen-bond acceptors (Lipinski definition) is 5. The van der Waals surface area contributed by atoms with Gasteiger partial charge < -0.3 is 9.52 Å². The van der Waals surface area contributed by atoms with Crippen molar-refractivity contribution in [3.8, 4) is 11.5 Å². The summed E-state index contributed by atoms with van der Waals surface area (Å²) >= 11 is 5.91. The lowest BCUT2D eigenvalue weighted by molar-refractivity contribution is -0.137. The molecule has 0 atom stereocenters. The predicted molar refractivity (Wildman–Crippen MR) is 58.5 cm³/mol. The maximum Gasteiger partial charge on any atom is 0.303 e. The van der Waals surface area contributed by atoms with Gasteiger partial charge in [-0.15, -0.1) is 10.2 Å². The Kier molecular flexibility index (Phi) is 3.34. The van der Waals surface area contributed by atoms with Crippen molar-refractivity contribution in [1.82, 2.24) is 15.2 Å². The van der Waals surface area contributed by atoms with Crippen molar-refractivity contribution in [2.75, 3.05) is 0 Å². The monoisotopic (exact) mass is 253 g/mol. The first-order valence-electron chi connectivity index (χ1n) is 4.81. The van der Waals surface area contributed by atoms with E-state index in [1.165, 1.54) is 6.20 Å². The van der Waals surface area contributed by atoms with Crippen LogP contribution in [0.3, 0.4) is 0 Å². The lowest BCUT2D eigenvalue weighted by Gasteiger charge is -1.96. The van der Waals surface area contributed by atoms with Crippen LogP contribution in [0.25, 0.3) is 11.5 Å². The Hall–Kier alpha value is -1.95. The van der Waals surface area contributed by atoms with E-state index >= 15 is 0 Å². The number of rotatable bonds is 4. The van der Waals surface area contributed by atoms with Gasteiger partial charge in [0.1, 0.15) is 0 Å². The van der Waals surface area contributed by atoms with E-state index in [9.17, 15) is 4.79 Å². The molecule has 0 aromatic carbocycles. The summed E-state index contributed by atoms with van der Waals surface area (Å²) in [5.41, 5.74) is 0.579. The fourth-order valence-corrected chi connectivity index (χ4v) is 1.43. The molecule has 7 heteroatoms. The van der Waals surface area contributed by atoms with Crippen LogP contribution in [-0.2, 0) is 11.2 Å². The zero-order valence-electron chi connectivity index (χ0n) is 8.63. The van der Waals surface area contributed by atoms with Crippen molar-refractivity contribution in [3.63, 3.8) is 0 Å². The summed E-state index contributed by atoms with van der Waals surface area (Å²) in [4.78, 5) is 14.2. The summed E-state index contributed by atoms with van der Waals surface area (Å²) in [5, 5.41) is 16.5. The van der Waals surface area contributed by atoms with Crippen LogP contribution in [-0.4, -0.2) is 26.3 Å². The van der Waals surface area contributed by atoms with Gasteiger partial charge in [0.2, 0.25) is 11.8 Å². The van der Waals surface area contributed by atoms with Crippen LogP contribution >= 0.6 is 11.6 Å². The van der Waals surface area contributed by atoms with Gasteiger partial charge in [-0.1, -0.05) is 11.6 Å². The number of aromatic nitrogens is 3. The van der Waals surface area contributed by atoms with Gasteiger partial charge in [0, 0.05) is 18.8 Å². The molecule has 0 bridgehead atoms. The van der Waals surface area contributed by atoms with E-state index in [-0.39, 0.29) is 24.6 Å². The van der Waals surface area contributed by atoms with Crippen molar-refractivity contribution in [2.45, 2.75) is 12.8 Å². The van der Waals surface area contributed by atoms with Crippen molar-refractivity contribution in [2.24, 2.45) is 0 Å². The molecule has 2 rings (SSSR count). The molecule has 0 unspecified atom stereocenters. The number of carboxylic acid groups (broad SMARTS) is 1. The van der Waals surface area contributed by atoms with Gasteiger partial charge in [0.05, 0.1) is 17.0 Å². The Bertz CT molecular complexity index is 541. The van der Waals surface area contributed by atoms with Crippen LogP contribution in [0.2, 0.25) is 5.02 Å². The maximum atomic E-state index is 10.4. The molecule has 0 spiro atoms. The molecule has 17 heavy (non-hydrogen) atoms. The Morgan fingerprint density at radius 2 is 2.29 bits per heavy atom. The van der Waals surface area contributed by atoms with Gasteiger partial charge in [-0.2, -0.15) is 0 Å². The quantitative estimate of drug-likeness (QED) is 0.894. The average Bonchev–Trinajstić information content (AvgIpc) is 2.75. The van der Waals surface area contributed by atoms with E-state index in [4.69, 9.17) is 21.1 Å². The fraction of sp³-hybridized carbons (Fsp3) is 0.200. The highest BCUT2D eigenvalue weighted by Crippen LogP contribution is 2.25. The third kappa shape index (κ3) is 2.79. The molecule has 88 valence electrons. The maximum absolute atomic E-state index is 10.4. The van der Waals surface area contributed by atoms with E-state index in [1.54, 1.807) is 12.3 Å². The number of aryl methyl sites for hydroxylation is 1. The van der Waals surface area contributed by atoms with Crippen LogP contribution in [0.4, 0.5) is 0 Å². The third-order valence-electron chi connectivity index (χ3n) is 2.02. The highest BCUT2D eigenvalue weighted by Gasteiger charge is 2.12. The Balaban J connectivity index is 2.18. The molecule has 0 aliphatic heterocycles. The van der Waals surface area contributed by atoms with E-state index in [2.05, 4.69) is 15.2 Å². The third-order valence-corrected chi connectivity index (χ3v) is 2.32. The molecular formula is C10H8ClN3O3. The Labute approximate surface area is 101 Å². The highest BCUT2D eigenvalue weighted by molar-refractivity contribution is 6.32. The van der Waals surface area contributed by atoms with Crippen molar-refractivity contribution in [1.29, 1.82) is 0 Å². The lowest BCUT2D eigenvalue weighted by Crippen LogP contribution is -1.97. The summed E-state index contributed by atoms with van der Waals surface area (Å²) in [6.45, 7) is 0. The second-order valence-electron chi connectivity index (χ2n) is 3.25. The molecule has 0 saturated carbocycles. The summed E-state index contributed by atoms with van der Waals surface area (Å²) in [6.07, 6.45) is 3.18. The van der Waals surface area contributed by atoms with Crippen molar-refractivity contribution in [3.05, 3.63) is 29.4 Å². The molecule has 2 aromatic heterocycles. The smallest absolute Gasteiger partial charge is 0.303 e. The molecule has 0 aliphatic carbocycles. The summed E-state index contributed by atoms with van der Waals surface area (Å²) < 4.78 is 5.30. The normalized spacial score (nSPS) is 10.4. The second-order valence-corrected chi connectivity index (χ2v) is 3.66. The van der Waals surface area contributed by atoms with Gasteiger partial charge in [0.15, 0.2) is 0 Å². The van der Waals surface area contributed by atoms with Crippen LogP contribution in [0.1, 0.15) is 12.3 Å². The van der Waals surface area contributed by atoms with Crippen LogP contribution in [0, 0.1) is 0 Å². The summed E-state index contributed by atoms with van der Waals surface area (Å²) in [7, 11) is 0. The standard InChI is InChI=1S/C10H8ClN3O3/c11-7-5-12-4-3-6(7)10-14-13-8(17-10)1-2-9(15)16/h3-5H,1-2H2,(H,15,16). The van der Waals surface area contributed by atoms with E-state index in [0.717, 1.165) is 0 Å². The minimum Gasteiger partial charge on any atom is -0.481 e. The van der Waals surface area contributed by atoms with Gasteiger partial charge in [0.25, 0.3) is 0 Å². The molecule has 0 radical (unpaired) electrons. The Morgan fingerprint density at radius 1 is 1.47 bits per heavy atom. The lowest BCUT2D eigenvalue weighted by atomic mass is 10.3. The highest BCUT2D eigenvalue weighted by atomic mass is 35.5. The molecule has 0 saturated heterocycles. The summed E-state index contributed by atoms with van der Waals surface area (Å²) in [6, 6.07) is 1.65. The second kappa shape index (κ2) is 4.92. The number of carboxylic acids is 1. The molecular weight excluding hydrogens is 246 g/mol. The molecule has 0 fully saturated rings. The average molecular weight is 254 g/mol. The molecule has 6 nitrogen and oxygen atoms in total. The number of carbonyl (C=O) groups is 1. The Morgan fingerprint density at radius 3 is 3.00 bits per heavy atom. The fourth-order valence-electron chi connectivity index (χ4n) is 1.23. The molecule has 2 heterocycles. The van der Waals surface area contributed by atoms with Gasteiger partial charge in [-0.3, -0.25) is 9.78 Å². The zero-order chi connectivity index (χ0) is 12.3. The van der Waals surface area contributed by atoms with E-state index < -0.39 is 5.97 Å². The molecule has 0 aliphatic rings. The molecule has 1 N–H and O–H groups in total. The first-order chi connectivity index (χ1) is 8.16. The minimum absolute atomic E-state index is 0.0499. The number of nitrogens with zero attached hydrogens (tertiary/aromatic N) is 3. The number of aliphatic carboxylic acids is 1. The topological polar surface area (TPSA) is 89.1 Å².